The highest BCUT2D eigenvalue weighted by molar-refractivity contribution is 5.96. The van der Waals surface area contributed by atoms with Crippen LogP contribution in [-0.2, 0) is 20.9 Å². The molecule has 0 unspecified atom stereocenters. The summed E-state index contributed by atoms with van der Waals surface area (Å²) < 4.78 is 17.6. The first-order chi connectivity index (χ1) is 18.5. The third-order valence-corrected chi connectivity index (χ3v) is 6.76. The van der Waals surface area contributed by atoms with Gasteiger partial charge in [0, 0.05) is 11.5 Å². The van der Waals surface area contributed by atoms with E-state index in [0.717, 1.165) is 5.56 Å². The lowest BCUT2D eigenvalue weighted by Gasteiger charge is -2.30. The molecular formula is C27H29N5O6. The van der Waals surface area contributed by atoms with Gasteiger partial charge in [0.05, 0.1) is 24.8 Å². The Kier molecular flexibility index (Phi) is 7.52. The number of ether oxygens (including phenoxy) is 3. The maximum Gasteiger partial charge on any atom is 0.308 e. The summed E-state index contributed by atoms with van der Waals surface area (Å²) in [5, 5.41) is 5.44. The van der Waals surface area contributed by atoms with Crippen LogP contribution in [0.1, 0.15) is 48.5 Å². The number of nitrogens with zero attached hydrogens (tertiary/aromatic N) is 4. The molecule has 0 atom stereocenters. The molecule has 0 radical (unpaired) electrons. The van der Waals surface area contributed by atoms with Gasteiger partial charge in [0.25, 0.3) is 5.91 Å². The lowest BCUT2D eigenvalue weighted by Crippen LogP contribution is -2.48. The third-order valence-electron chi connectivity index (χ3n) is 6.76. The Balaban J connectivity index is 1.33. The van der Waals surface area contributed by atoms with E-state index in [4.69, 9.17) is 14.2 Å². The van der Waals surface area contributed by atoms with E-state index in [1.807, 2.05) is 12.1 Å². The van der Waals surface area contributed by atoms with Gasteiger partial charge >= 0.3 is 5.97 Å². The van der Waals surface area contributed by atoms with E-state index in [1.165, 1.54) is 11.3 Å². The van der Waals surface area contributed by atoms with Crippen molar-refractivity contribution < 1.29 is 28.6 Å². The quantitative estimate of drug-likeness (QED) is 0.373. The van der Waals surface area contributed by atoms with Gasteiger partial charge in [0.1, 0.15) is 12.7 Å². The van der Waals surface area contributed by atoms with Gasteiger partial charge in [-0.1, -0.05) is 12.1 Å². The van der Waals surface area contributed by atoms with Crippen molar-refractivity contribution in [2.75, 3.05) is 13.4 Å². The molecule has 198 valence electrons. The Morgan fingerprint density at radius 2 is 1.84 bits per heavy atom. The predicted octanol–water partition coefficient (Wildman–Crippen LogP) is 3.04. The van der Waals surface area contributed by atoms with Gasteiger partial charge in [0.15, 0.2) is 11.5 Å². The maximum atomic E-state index is 13.7. The van der Waals surface area contributed by atoms with Crippen LogP contribution in [0.2, 0.25) is 0 Å². The number of hydrogen-bond acceptors (Lipinski definition) is 8. The summed E-state index contributed by atoms with van der Waals surface area (Å²) in [7, 11) is 0. The molecule has 1 fully saturated rings. The fourth-order valence-corrected chi connectivity index (χ4v) is 4.74. The van der Waals surface area contributed by atoms with Crippen LogP contribution >= 0.6 is 0 Å². The number of nitrogens with one attached hydrogen (secondary N) is 1. The van der Waals surface area contributed by atoms with Crippen LogP contribution in [-0.4, -0.2) is 51.0 Å². The van der Waals surface area contributed by atoms with Crippen LogP contribution in [0, 0.1) is 11.8 Å². The van der Waals surface area contributed by atoms with E-state index < -0.39 is 0 Å². The minimum absolute atomic E-state index is 0.118. The summed E-state index contributed by atoms with van der Waals surface area (Å²) in [5.74, 6) is -0.120. The number of hydrazine groups is 1. The molecule has 1 aromatic heterocycles. The molecule has 2 aliphatic rings. The van der Waals surface area contributed by atoms with Gasteiger partial charge in [-0.15, -0.1) is 0 Å². The molecule has 0 saturated heterocycles. The number of benzene rings is 2. The van der Waals surface area contributed by atoms with E-state index in [2.05, 4.69) is 15.5 Å². The fourth-order valence-electron chi connectivity index (χ4n) is 4.74. The first-order valence-corrected chi connectivity index (χ1v) is 12.6. The van der Waals surface area contributed by atoms with Crippen molar-refractivity contribution in [1.82, 2.24) is 25.2 Å². The number of rotatable bonds is 7. The Morgan fingerprint density at radius 1 is 1.05 bits per heavy atom. The average molecular weight is 520 g/mol. The predicted molar refractivity (Wildman–Crippen MR) is 134 cm³/mol. The molecule has 2 heterocycles. The largest absolute Gasteiger partial charge is 0.466 e. The van der Waals surface area contributed by atoms with Crippen molar-refractivity contribution >= 4 is 17.8 Å². The molecule has 0 spiro atoms. The van der Waals surface area contributed by atoms with Crippen LogP contribution in [0.4, 0.5) is 0 Å². The van der Waals surface area contributed by atoms with Crippen LogP contribution in [0.25, 0.3) is 5.69 Å². The summed E-state index contributed by atoms with van der Waals surface area (Å²) in [4.78, 5) is 43.0. The summed E-state index contributed by atoms with van der Waals surface area (Å²) in [6.45, 7) is 2.38. The number of esters is 1. The van der Waals surface area contributed by atoms with Crippen molar-refractivity contribution in [2.24, 2.45) is 11.8 Å². The topological polar surface area (TPSA) is 125 Å². The van der Waals surface area contributed by atoms with Crippen LogP contribution < -0.4 is 14.9 Å². The Bertz CT molecular complexity index is 1300. The van der Waals surface area contributed by atoms with Crippen molar-refractivity contribution in [3.05, 3.63) is 66.2 Å². The summed E-state index contributed by atoms with van der Waals surface area (Å²) in [6.07, 6.45) is 5.20. The standard InChI is InChI=1S/C27H29N5O6/c1-2-36-27(35)20-9-7-19(8-10-20)25(33)30-31(14-18-6-11-23-24(12-18)38-17-37-23)26(34)21-4-3-5-22(13-21)32-16-28-15-29-32/h3-6,11-13,15-16,19-20H,2,7-10,14,17H2,1H3,(H,30,33)/t19-,20-. The Labute approximate surface area is 219 Å². The molecule has 2 amide bonds. The molecule has 5 rings (SSSR count). The SMILES string of the molecule is CCOC(=O)[C@H]1CC[C@H](C(=O)NN(Cc2ccc3c(c2)OCO3)C(=O)c2cccc(-n3cncn3)c2)CC1. The molecule has 0 bridgehead atoms. The molecule has 2 aromatic carbocycles. The molecular weight excluding hydrogens is 490 g/mol. The summed E-state index contributed by atoms with van der Waals surface area (Å²) >= 11 is 0. The Hall–Kier alpha value is -4.41. The van der Waals surface area contributed by atoms with Crippen molar-refractivity contribution in [3.8, 4) is 17.2 Å². The van der Waals surface area contributed by atoms with Crippen LogP contribution in [0.3, 0.4) is 0 Å². The number of aromatic nitrogens is 3. The minimum Gasteiger partial charge on any atom is -0.466 e. The lowest BCUT2D eigenvalue weighted by molar-refractivity contribution is -0.150. The van der Waals surface area contributed by atoms with Crippen molar-refractivity contribution in [2.45, 2.75) is 39.2 Å². The monoisotopic (exact) mass is 519 g/mol. The lowest BCUT2D eigenvalue weighted by atomic mass is 9.81. The highest BCUT2D eigenvalue weighted by Gasteiger charge is 2.32. The van der Waals surface area contributed by atoms with E-state index in [0.29, 0.717) is 55.0 Å². The molecule has 11 heteroatoms. The van der Waals surface area contributed by atoms with E-state index in [9.17, 15) is 14.4 Å². The number of amides is 2. The van der Waals surface area contributed by atoms with E-state index >= 15 is 0 Å². The number of fused-ring (bicyclic) bond motifs is 1. The second-order valence-electron chi connectivity index (χ2n) is 9.25. The highest BCUT2D eigenvalue weighted by Crippen LogP contribution is 2.33. The average Bonchev–Trinajstić information content (AvgIpc) is 3.65. The normalized spacial score (nSPS) is 18.0. The second kappa shape index (κ2) is 11.3. The van der Waals surface area contributed by atoms with E-state index in [1.54, 1.807) is 48.3 Å². The first-order valence-electron chi connectivity index (χ1n) is 12.6. The molecule has 1 N–H and O–H groups in total. The van der Waals surface area contributed by atoms with Gasteiger partial charge in [-0.3, -0.25) is 19.8 Å². The fraction of sp³-hybridized carbons (Fsp3) is 0.370. The summed E-state index contributed by atoms with van der Waals surface area (Å²) in [5.41, 5.74) is 4.66. The molecule has 1 aliphatic carbocycles. The van der Waals surface area contributed by atoms with Gasteiger partial charge in [-0.2, -0.15) is 5.10 Å². The molecule has 11 nitrogen and oxygen atoms in total. The molecule has 1 aliphatic heterocycles. The first kappa shape index (κ1) is 25.2. The minimum atomic E-state index is -0.377. The highest BCUT2D eigenvalue weighted by atomic mass is 16.7. The van der Waals surface area contributed by atoms with Crippen LogP contribution in [0.5, 0.6) is 11.5 Å². The summed E-state index contributed by atoms with van der Waals surface area (Å²) in [6, 6.07) is 12.4. The number of hydrogen-bond donors (Lipinski definition) is 1. The van der Waals surface area contributed by atoms with Gasteiger partial charge in [0.2, 0.25) is 12.7 Å². The third kappa shape index (κ3) is 5.61. The van der Waals surface area contributed by atoms with Crippen LogP contribution in [0.15, 0.2) is 55.1 Å². The van der Waals surface area contributed by atoms with Crippen molar-refractivity contribution in [1.29, 1.82) is 0 Å². The zero-order chi connectivity index (χ0) is 26.5. The van der Waals surface area contributed by atoms with Gasteiger partial charge in [-0.05, 0) is 68.5 Å². The zero-order valence-electron chi connectivity index (χ0n) is 21.0. The second-order valence-corrected chi connectivity index (χ2v) is 9.25. The smallest absolute Gasteiger partial charge is 0.308 e. The molecule has 3 aromatic rings. The zero-order valence-corrected chi connectivity index (χ0v) is 21.0. The molecule has 1 saturated carbocycles. The maximum absolute atomic E-state index is 13.7. The molecule has 38 heavy (non-hydrogen) atoms. The number of carbonyl (C=O) groups excluding carboxylic acids is 3. The van der Waals surface area contributed by atoms with Crippen molar-refractivity contribution in [3.63, 3.8) is 0 Å². The number of carbonyl (C=O) groups is 3. The van der Waals surface area contributed by atoms with Gasteiger partial charge in [-0.25, -0.2) is 14.7 Å². The van der Waals surface area contributed by atoms with E-state index in [-0.39, 0.29) is 43.0 Å². The van der Waals surface area contributed by atoms with Gasteiger partial charge < -0.3 is 14.2 Å². The Morgan fingerprint density at radius 3 is 2.61 bits per heavy atom.